The van der Waals surface area contributed by atoms with Gasteiger partial charge in [0.2, 0.25) is 0 Å². The molecule has 0 heterocycles. The van der Waals surface area contributed by atoms with Gasteiger partial charge in [0, 0.05) is 5.92 Å². The summed E-state index contributed by atoms with van der Waals surface area (Å²) >= 11 is 0. The van der Waals surface area contributed by atoms with Gasteiger partial charge in [-0.05, 0) is 48.7 Å². The second-order valence-corrected chi connectivity index (χ2v) is 5.15. The van der Waals surface area contributed by atoms with Gasteiger partial charge in [-0.1, -0.05) is 37.3 Å². The molecule has 0 radical (unpaired) electrons. The third kappa shape index (κ3) is 4.30. The van der Waals surface area contributed by atoms with Crippen molar-refractivity contribution in [2.75, 3.05) is 13.2 Å². The average Bonchev–Trinajstić information content (AvgIpc) is 2.52. The molecular weight excluding hydrogens is 265 g/mol. The highest BCUT2D eigenvalue weighted by Gasteiger charge is 2.14. The lowest BCUT2D eigenvalue weighted by Gasteiger charge is -2.16. The molecule has 0 saturated carbocycles. The Morgan fingerprint density at radius 3 is 2.67 bits per heavy atom. The smallest absolute Gasteiger partial charge is 0.126 e. The molecule has 1 atom stereocenters. The van der Waals surface area contributed by atoms with Crippen molar-refractivity contribution < 1.29 is 9.13 Å². The number of hydrogen-bond donors (Lipinski definition) is 1. The summed E-state index contributed by atoms with van der Waals surface area (Å²) in [5, 5.41) is 0. The van der Waals surface area contributed by atoms with Crippen molar-refractivity contribution in [1.29, 1.82) is 0 Å². The summed E-state index contributed by atoms with van der Waals surface area (Å²) in [5.41, 5.74) is 7.64. The van der Waals surface area contributed by atoms with Crippen molar-refractivity contribution in [3.05, 3.63) is 65.5 Å². The van der Waals surface area contributed by atoms with E-state index in [1.54, 1.807) is 6.07 Å². The fraction of sp³-hybridized carbons (Fsp3) is 0.333. The van der Waals surface area contributed by atoms with Crippen LogP contribution >= 0.6 is 0 Å². The van der Waals surface area contributed by atoms with Crippen molar-refractivity contribution in [2.45, 2.75) is 25.7 Å². The highest BCUT2D eigenvalue weighted by molar-refractivity contribution is 5.31. The van der Waals surface area contributed by atoms with Gasteiger partial charge in [0.25, 0.3) is 0 Å². The van der Waals surface area contributed by atoms with Gasteiger partial charge in [-0.3, -0.25) is 0 Å². The van der Waals surface area contributed by atoms with Gasteiger partial charge in [-0.2, -0.15) is 0 Å². The topological polar surface area (TPSA) is 35.2 Å². The van der Waals surface area contributed by atoms with E-state index in [1.165, 1.54) is 6.07 Å². The zero-order valence-corrected chi connectivity index (χ0v) is 12.4. The van der Waals surface area contributed by atoms with Gasteiger partial charge in [-0.25, -0.2) is 4.39 Å². The molecule has 2 aromatic rings. The van der Waals surface area contributed by atoms with Crippen LogP contribution in [0.2, 0.25) is 0 Å². The molecule has 2 N–H and O–H groups in total. The standard InChI is InChI=1S/C18H22FNO/c1-2-10-21-16-7-5-6-14(12-16)11-15(13-20)17-8-3-4-9-18(17)19/h3-9,12,15H,2,10-11,13,20H2,1H3. The van der Waals surface area contributed by atoms with Crippen LogP contribution in [0.4, 0.5) is 4.39 Å². The number of benzene rings is 2. The first-order chi connectivity index (χ1) is 10.2. The highest BCUT2D eigenvalue weighted by atomic mass is 19.1. The third-order valence-corrected chi connectivity index (χ3v) is 3.48. The maximum Gasteiger partial charge on any atom is 0.126 e. The van der Waals surface area contributed by atoms with Crippen LogP contribution in [0.15, 0.2) is 48.5 Å². The number of rotatable bonds is 7. The fourth-order valence-corrected chi connectivity index (χ4v) is 2.39. The van der Waals surface area contributed by atoms with Gasteiger partial charge in [-0.15, -0.1) is 0 Å². The van der Waals surface area contributed by atoms with Crippen LogP contribution in [0.3, 0.4) is 0 Å². The Labute approximate surface area is 125 Å². The maximum absolute atomic E-state index is 13.9. The summed E-state index contributed by atoms with van der Waals surface area (Å²) in [6, 6.07) is 14.8. The van der Waals surface area contributed by atoms with Crippen LogP contribution in [-0.4, -0.2) is 13.2 Å². The van der Waals surface area contributed by atoms with Crippen LogP contribution in [0.1, 0.15) is 30.4 Å². The Kier molecular flexibility index (Phi) is 5.76. The molecule has 1 unspecified atom stereocenters. The first kappa shape index (κ1) is 15.5. The second-order valence-electron chi connectivity index (χ2n) is 5.15. The molecule has 0 fully saturated rings. The van der Waals surface area contributed by atoms with Crippen molar-refractivity contribution in [3.8, 4) is 5.75 Å². The molecule has 2 aromatic carbocycles. The van der Waals surface area contributed by atoms with E-state index < -0.39 is 0 Å². The van der Waals surface area contributed by atoms with Gasteiger partial charge in [0.1, 0.15) is 11.6 Å². The first-order valence-electron chi connectivity index (χ1n) is 7.40. The number of ether oxygens (including phenoxy) is 1. The lowest BCUT2D eigenvalue weighted by atomic mass is 9.91. The summed E-state index contributed by atoms with van der Waals surface area (Å²) in [7, 11) is 0. The minimum Gasteiger partial charge on any atom is -0.494 e. The van der Waals surface area contributed by atoms with Crippen LogP contribution < -0.4 is 10.5 Å². The average molecular weight is 287 g/mol. The van der Waals surface area contributed by atoms with E-state index in [0.717, 1.165) is 17.7 Å². The number of nitrogens with two attached hydrogens (primary N) is 1. The zero-order valence-electron chi connectivity index (χ0n) is 12.4. The molecule has 0 saturated heterocycles. The van der Waals surface area contributed by atoms with E-state index in [4.69, 9.17) is 10.5 Å². The van der Waals surface area contributed by atoms with E-state index in [-0.39, 0.29) is 11.7 Å². The second kappa shape index (κ2) is 7.79. The monoisotopic (exact) mass is 287 g/mol. The van der Waals surface area contributed by atoms with Gasteiger partial charge in [0.05, 0.1) is 6.61 Å². The highest BCUT2D eigenvalue weighted by Crippen LogP contribution is 2.24. The normalized spacial score (nSPS) is 12.1. The summed E-state index contributed by atoms with van der Waals surface area (Å²) in [6.45, 7) is 3.20. The molecule has 0 aliphatic carbocycles. The summed E-state index contributed by atoms with van der Waals surface area (Å²) in [6.07, 6.45) is 1.69. The Morgan fingerprint density at radius 2 is 1.95 bits per heavy atom. The molecule has 0 amide bonds. The Morgan fingerprint density at radius 1 is 1.14 bits per heavy atom. The molecule has 112 valence electrons. The Bertz CT molecular complexity index is 571. The van der Waals surface area contributed by atoms with E-state index in [2.05, 4.69) is 6.92 Å². The molecule has 21 heavy (non-hydrogen) atoms. The van der Waals surface area contributed by atoms with Crippen LogP contribution in [-0.2, 0) is 6.42 Å². The molecule has 2 rings (SSSR count). The molecule has 2 nitrogen and oxygen atoms in total. The molecule has 0 aromatic heterocycles. The quantitative estimate of drug-likeness (QED) is 0.838. The third-order valence-electron chi connectivity index (χ3n) is 3.48. The van der Waals surface area contributed by atoms with Crippen molar-refractivity contribution >= 4 is 0 Å². The van der Waals surface area contributed by atoms with Crippen molar-refractivity contribution in [3.63, 3.8) is 0 Å². The van der Waals surface area contributed by atoms with Crippen LogP contribution in [0.5, 0.6) is 5.75 Å². The SMILES string of the molecule is CCCOc1cccc(CC(CN)c2ccccc2F)c1. The van der Waals surface area contributed by atoms with Gasteiger partial charge >= 0.3 is 0 Å². The summed E-state index contributed by atoms with van der Waals surface area (Å²) in [4.78, 5) is 0. The fourth-order valence-electron chi connectivity index (χ4n) is 2.39. The predicted molar refractivity (Wildman–Crippen MR) is 84.1 cm³/mol. The molecule has 3 heteroatoms. The van der Waals surface area contributed by atoms with E-state index >= 15 is 0 Å². The number of hydrogen-bond acceptors (Lipinski definition) is 2. The van der Waals surface area contributed by atoms with Crippen molar-refractivity contribution in [2.24, 2.45) is 5.73 Å². The molecular formula is C18H22FNO. The molecule has 0 aliphatic heterocycles. The molecule has 0 bridgehead atoms. The van der Waals surface area contributed by atoms with Gasteiger partial charge < -0.3 is 10.5 Å². The molecule has 0 aliphatic rings. The lowest BCUT2D eigenvalue weighted by molar-refractivity contribution is 0.317. The minimum atomic E-state index is -0.189. The summed E-state index contributed by atoms with van der Waals surface area (Å²) in [5.74, 6) is 0.651. The maximum atomic E-state index is 13.9. The lowest BCUT2D eigenvalue weighted by Crippen LogP contribution is -2.16. The Hall–Kier alpha value is -1.87. The van der Waals surface area contributed by atoms with Crippen LogP contribution in [0.25, 0.3) is 0 Å². The number of halogens is 1. The van der Waals surface area contributed by atoms with E-state index in [0.29, 0.717) is 25.1 Å². The zero-order chi connectivity index (χ0) is 15.1. The largest absolute Gasteiger partial charge is 0.494 e. The van der Waals surface area contributed by atoms with E-state index in [1.807, 2.05) is 36.4 Å². The molecule has 0 spiro atoms. The van der Waals surface area contributed by atoms with Gasteiger partial charge in [0.15, 0.2) is 0 Å². The van der Waals surface area contributed by atoms with Crippen LogP contribution in [0, 0.1) is 5.82 Å². The summed E-state index contributed by atoms with van der Waals surface area (Å²) < 4.78 is 19.5. The first-order valence-corrected chi connectivity index (χ1v) is 7.40. The van der Waals surface area contributed by atoms with E-state index in [9.17, 15) is 4.39 Å². The Balaban J connectivity index is 2.13. The van der Waals surface area contributed by atoms with Crippen molar-refractivity contribution in [1.82, 2.24) is 0 Å². The predicted octanol–water partition coefficient (Wildman–Crippen LogP) is 3.90. The minimum absolute atomic E-state index is 0.0207.